The predicted molar refractivity (Wildman–Crippen MR) is 78.1 cm³/mol. The second kappa shape index (κ2) is 6.22. The molecule has 0 radical (unpaired) electrons. The Bertz CT molecular complexity index is 415. The Morgan fingerprint density at radius 1 is 1.00 bits per heavy atom. The van der Waals surface area contributed by atoms with Crippen LogP contribution in [-0.2, 0) is 4.79 Å². The molecule has 2 unspecified atom stereocenters. The number of carboxylic acids is 1. The van der Waals surface area contributed by atoms with Gasteiger partial charge in [-0.3, -0.25) is 9.69 Å². The molecule has 3 heterocycles. The van der Waals surface area contributed by atoms with E-state index in [-0.39, 0.29) is 12.1 Å². The van der Waals surface area contributed by atoms with Crippen LogP contribution in [0.25, 0.3) is 0 Å². The lowest BCUT2D eigenvalue weighted by atomic mass is 9.98. The van der Waals surface area contributed by atoms with Gasteiger partial charge in [-0.05, 0) is 38.6 Å². The van der Waals surface area contributed by atoms with Crippen LogP contribution in [0.3, 0.4) is 0 Å². The van der Waals surface area contributed by atoms with Crippen LogP contribution >= 0.6 is 0 Å². The highest BCUT2D eigenvalue weighted by atomic mass is 16.4. The van der Waals surface area contributed by atoms with Crippen molar-refractivity contribution in [3.63, 3.8) is 0 Å². The minimum absolute atomic E-state index is 0.0710. The van der Waals surface area contributed by atoms with Gasteiger partial charge in [0.2, 0.25) is 0 Å². The summed E-state index contributed by atoms with van der Waals surface area (Å²) in [6.45, 7) is 3.26. The predicted octanol–water partition coefficient (Wildman–Crippen LogP) is 1.12. The smallest absolute Gasteiger partial charge is 0.317 e. The van der Waals surface area contributed by atoms with E-state index in [1.54, 1.807) is 4.90 Å². The van der Waals surface area contributed by atoms with Crippen molar-refractivity contribution in [1.82, 2.24) is 15.1 Å². The highest BCUT2D eigenvalue weighted by molar-refractivity contribution is 5.77. The molecule has 21 heavy (non-hydrogen) atoms. The van der Waals surface area contributed by atoms with Gasteiger partial charge in [0.1, 0.15) is 0 Å². The van der Waals surface area contributed by atoms with Crippen LogP contribution in [0.1, 0.15) is 38.5 Å². The van der Waals surface area contributed by atoms with Crippen molar-refractivity contribution in [3.05, 3.63) is 0 Å². The van der Waals surface area contributed by atoms with Crippen molar-refractivity contribution in [1.29, 1.82) is 0 Å². The van der Waals surface area contributed by atoms with E-state index in [9.17, 15) is 9.59 Å². The van der Waals surface area contributed by atoms with Crippen LogP contribution in [0.2, 0.25) is 0 Å². The van der Waals surface area contributed by atoms with Crippen molar-refractivity contribution in [2.24, 2.45) is 5.92 Å². The molecule has 6 heteroatoms. The lowest BCUT2D eigenvalue weighted by Crippen LogP contribution is -2.53. The fourth-order valence-electron chi connectivity index (χ4n) is 4.03. The molecule has 3 atom stereocenters. The standard InChI is InChI=1S/C15H25N3O3/c19-14(20)11-4-3-8-18(10-11)15(21)16-12-6-9-17-7-2-1-5-13(12)17/h11-13H,1-10H2,(H,16,21)(H,19,20)/t11-,12?,13?/m0/s1. The Labute approximate surface area is 125 Å². The summed E-state index contributed by atoms with van der Waals surface area (Å²) in [7, 11) is 0. The molecule has 3 fully saturated rings. The molecule has 0 aromatic heterocycles. The Balaban J connectivity index is 1.55. The first-order valence-electron chi connectivity index (χ1n) is 8.17. The number of carbonyl (C=O) groups is 2. The molecule has 3 saturated heterocycles. The molecule has 0 aliphatic carbocycles. The largest absolute Gasteiger partial charge is 0.481 e. The quantitative estimate of drug-likeness (QED) is 0.801. The van der Waals surface area contributed by atoms with E-state index < -0.39 is 11.9 Å². The third-order valence-corrected chi connectivity index (χ3v) is 5.22. The molecule has 118 valence electrons. The van der Waals surface area contributed by atoms with Gasteiger partial charge in [0, 0.05) is 31.7 Å². The maximum Gasteiger partial charge on any atom is 0.317 e. The Hall–Kier alpha value is -1.30. The van der Waals surface area contributed by atoms with Gasteiger partial charge in [-0.2, -0.15) is 0 Å². The summed E-state index contributed by atoms with van der Waals surface area (Å²) in [5.74, 6) is -1.19. The number of aliphatic carboxylic acids is 1. The Kier molecular flexibility index (Phi) is 4.33. The van der Waals surface area contributed by atoms with E-state index in [1.165, 1.54) is 19.3 Å². The summed E-state index contributed by atoms with van der Waals surface area (Å²) in [4.78, 5) is 27.7. The first-order valence-corrected chi connectivity index (χ1v) is 8.17. The topological polar surface area (TPSA) is 72.9 Å². The number of hydrogen-bond acceptors (Lipinski definition) is 3. The highest BCUT2D eigenvalue weighted by Crippen LogP contribution is 2.27. The molecular weight excluding hydrogens is 270 g/mol. The number of hydrogen-bond donors (Lipinski definition) is 2. The number of nitrogens with zero attached hydrogens (tertiary/aromatic N) is 2. The van der Waals surface area contributed by atoms with Gasteiger partial charge >= 0.3 is 12.0 Å². The first kappa shape index (κ1) is 14.6. The van der Waals surface area contributed by atoms with Crippen molar-refractivity contribution in [2.45, 2.75) is 50.6 Å². The maximum atomic E-state index is 12.4. The molecule has 0 bridgehead atoms. The fourth-order valence-corrected chi connectivity index (χ4v) is 4.03. The van der Waals surface area contributed by atoms with Crippen LogP contribution < -0.4 is 5.32 Å². The molecule has 3 aliphatic rings. The Morgan fingerprint density at radius 2 is 1.86 bits per heavy atom. The normalized spacial score (nSPS) is 33.5. The van der Waals surface area contributed by atoms with Gasteiger partial charge in [0.15, 0.2) is 0 Å². The second-order valence-corrected chi connectivity index (χ2v) is 6.57. The van der Waals surface area contributed by atoms with Gasteiger partial charge in [0.05, 0.1) is 5.92 Å². The SMILES string of the molecule is O=C(O)[C@H]1CCCN(C(=O)NC2CCN3CCCCC23)C1. The van der Waals surface area contributed by atoms with E-state index in [0.717, 1.165) is 25.9 Å². The van der Waals surface area contributed by atoms with E-state index in [0.29, 0.717) is 25.6 Å². The zero-order valence-corrected chi connectivity index (χ0v) is 12.5. The monoisotopic (exact) mass is 295 g/mol. The summed E-state index contributed by atoms with van der Waals surface area (Å²) < 4.78 is 0. The maximum absolute atomic E-state index is 12.4. The number of carboxylic acid groups (broad SMARTS) is 1. The van der Waals surface area contributed by atoms with Crippen LogP contribution in [0.15, 0.2) is 0 Å². The summed E-state index contributed by atoms with van der Waals surface area (Å²) in [6, 6.07) is 0.657. The molecule has 2 N–H and O–H groups in total. The molecule has 0 aromatic rings. The van der Waals surface area contributed by atoms with Crippen LogP contribution in [0, 0.1) is 5.92 Å². The number of urea groups is 1. The van der Waals surface area contributed by atoms with Gasteiger partial charge in [-0.1, -0.05) is 6.42 Å². The fraction of sp³-hybridized carbons (Fsp3) is 0.867. The van der Waals surface area contributed by atoms with Gasteiger partial charge < -0.3 is 15.3 Å². The van der Waals surface area contributed by atoms with E-state index >= 15 is 0 Å². The first-order chi connectivity index (χ1) is 10.1. The number of carbonyl (C=O) groups excluding carboxylic acids is 1. The van der Waals surface area contributed by atoms with E-state index in [4.69, 9.17) is 5.11 Å². The molecular formula is C15H25N3O3. The zero-order chi connectivity index (χ0) is 14.8. The summed E-state index contributed by atoms with van der Waals surface area (Å²) in [6.07, 6.45) is 6.17. The summed E-state index contributed by atoms with van der Waals surface area (Å²) >= 11 is 0. The third-order valence-electron chi connectivity index (χ3n) is 5.22. The number of nitrogens with one attached hydrogen (secondary N) is 1. The van der Waals surface area contributed by atoms with Crippen LogP contribution in [0.4, 0.5) is 4.79 Å². The van der Waals surface area contributed by atoms with Crippen molar-refractivity contribution >= 4 is 12.0 Å². The van der Waals surface area contributed by atoms with Crippen LogP contribution in [0.5, 0.6) is 0 Å². The minimum atomic E-state index is -0.785. The average molecular weight is 295 g/mol. The summed E-state index contributed by atoms with van der Waals surface area (Å²) in [5, 5.41) is 12.3. The molecule has 3 rings (SSSR count). The number of piperidine rings is 2. The van der Waals surface area contributed by atoms with Crippen molar-refractivity contribution in [3.8, 4) is 0 Å². The number of fused-ring (bicyclic) bond motifs is 1. The zero-order valence-electron chi connectivity index (χ0n) is 12.5. The van der Waals surface area contributed by atoms with E-state index in [1.807, 2.05) is 0 Å². The molecule has 0 saturated carbocycles. The summed E-state index contributed by atoms with van der Waals surface area (Å²) in [5.41, 5.74) is 0. The van der Waals surface area contributed by atoms with Crippen molar-refractivity contribution < 1.29 is 14.7 Å². The van der Waals surface area contributed by atoms with Gasteiger partial charge in [-0.25, -0.2) is 4.79 Å². The molecule has 0 spiro atoms. The second-order valence-electron chi connectivity index (χ2n) is 6.57. The minimum Gasteiger partial charge on any atom is -0.481 e. The molecule has 0 aromatic carbocycles. The lowest BCUT2D eigenvalue weighted by Gasteiger charge is -2.35. The highest BCUT2D eigenvalue weighted by Gasteiger charge is 2.37. The average Bonchev–Trinajstić information content (AvgIpc) is 2.91. The Morgan fingerprint density at radius 3 is 2.67 bits per heavy atom. The van der Waals surface area contributed by atoms with Gasteiger partial charge in [0.25, 0.3) is 0 Å². The van der Waals surface area contributed by atoms with E-state index in [2.05, 4.69) is 10.2 Å². The third kappa shape index (κ3) is 3.15. The van der Waals surface area contributed by atoms with Crippen LogP contribution in [-0.4, -0.2) is 65.2 Å². The lowest BCUT2D eigenvalue weighted by molar-refractivity contribution is -0.143. The molecule has 6 nitrogen and oxygen atoms in total. The van der Waals surface area contributed by atoms with Crippen molar-refractivity contribution in [2.75, 3.05) is 26.2 Å². The number of amides is 2. The number of rotatable bonds is 2. The van der Waals surface area contributed by atoms with Gasteiger partial charge in [-0.15, -0.1) is 0 Å². The number of likely N-dealkylation sites (tertiary alicyclic amines) is 1. The molecule has 2 amide bonds. The molecule has 3 aliphatic heterocycles.